The van der Waals surface area contributed by atoms with Gasteiger partial charge < -0.3 is 0 Å². The highest BCUT2D eigenvalue weighted by atomic mass is 35.5. The van der Waals surface area contributed by atoms with Gasteiger partial charge in [0.2, 0.25) is 0 Å². The van der Waals surface area contributed by atoms with Crippen molar-refractivity contribution in [3.8, 4) is 0 Å². The zero-order valence-electron chi connectivity index (χ0n) is 18.0. The van der Waals surface area contributed by atoms with Crippen molar-refractivity contribution in [2.24, 2.45) is 0 Å². The third-order valence-electron chi connectivity index (χ3n) is 5.80. The van der Waals surface area contributed by atoms with Crippen molar-refractivity contribution in [1.29, 1.82) is 0 Å². The summed E-state index contributed by atoms with van der Waals surface area (Å²) in [6, 6.07) is 0. The molecule has 0 spiro atoms. The molecule has 1 heterocycles. The maximum absolute atomic E-state index is 4.52. The Bertz CT molecular complexity index is 456. The standard InChI is InChI=1S/C24H43N.ClH/c1-5-6-7-8-9-10-11-12-13-14-15-16-17-18-19-24-20-25-23(4)21(2)22(24)3;/h20H,5-19H2,1-4H3;1H. The lowest BCUT2D eigenvalue weighted by Crippen LogP contribution is -1.98. The van der Waals surface area contributed by atoms with E-state index in [2.05, 4.69) is 38.9 Å². The van der Waals surface area contributed by atoms with Gasteiger partial charge in [-0.3, -0.25) is 4.98 Å². The number of aryl methyl sites for hydroxylation is 2. The quantitative estimate of drug-likeness (QED) is 0.277. The molecular weight excluding hydrogens is 338 g/mol. The lowest BCUT2D eigenvalue weighted by atomic mass is 9.99. The van der Waals surface area contributed by atoms with Gasteiger partial charge in [-0.2, -0.15) is 0 Å². The van der Waals surface area contributed by atoms with Crippen molar-refractivity contribution in [3.05, 3.63) is 28.6 Å². The van der Waals surface area contributed by atoms with Crippen LogP contribution in [-0.2, 0) is 6.42 Å². The van der Waals surface area contributed by atoms with E-state index in [9.17, 15) is 0 Å². The van der Waals surface area contributed by atoms with Gasteiger partial charge in [0.25, 0.3) is 0 Å². The van der Waals surface area contributed by atoms with Crippen LogP contribution in [0.15, 0.2) is 6.20 Å². The molecule has 0 saturated heterocycles. The fourth-order valence-corrected chi connectivity index (χ4v) is 3.64. The summed E-state index contributed by atoms with van der Waals surface area (Å²) in [4.78, 5) is 4.52. The first-order chi connectivity index (χ1) is 12.2. The first-order valence-corrected chi connectivity index (χ1v) is 11.1. The number of nitrogens with zero attached hydrogens (tertiary/aromatic N) is 1. The van der Waals surface area contributed by atoms with Crippen LogP contribution in [-0.4, -0.2) is 4.98 Å². The number of aromatic nitrogens is 1. The van der Waals surface area contributed by atoms with Gasteiger partial charge in [-0.05, 0) is 50.3 Å². The van der Waals surface area contributed by atoms with E-state index in [1.807, 2.05) is 0 Å². The van der Waals surface area contributed by atoms with Gasteiger partial charge in [0.05, 0.1) is 0 Å². The molecule has 26 heavy (non-hydrogen) atoms. The second kappa shape index (κ2) is 16.6. The van der Waals surface area contributed by atoms with Crippen LogP contribution < -0.4 is 0 Å². The molecule has 0 bridgehead atoms. The van der Waals surface area contributed by atoms with Crippen molar-refractivity contribution in [1.82, 2.24) is 4.98 Å². The molecule has 0 saturated carbocycles. The minimum atomic E-state index is 0. The van der Waals surface area contributed by atoms with Crippen LogP contribution in [0.2, 0.25) is 0 Å². The Morgan fingerprint density at radius 1 is 0.615 bits per heavy atom. The highest BCUT2D eigenvalue weighted by Crippen LogP contribution is 2.18. The number of halogens is 1. The van der Waals surface area contributed by atoms with Gasteiger partial charge in [0, 0.05) is 11.9 Å². The second-order valence-electron chi connectivity index (χ2n) is 7.97. The smallest absolute Gasteiger partial charge is 0.0404 e. The largest absolute Gasteiger partial charge is 0.261 e. The van der Waals surface area contributed by atoms with Crippen molar-refractivity contribution in [2.45, 2.75) is 124 Å². The minimum absolute atomic E-state index is 0. The van der Waals surface area contributed by atoms with E-state index in [0.29, 0.717) is 0 Å². The minimum Gasteiger partial charge on any atom is -0.261 e. The molecule has 1 aromatic rings. The first kappa shape index (κ1) is 25.4. The van der Waals surface area contributed by atoms with Crippen molar-refractivity contribution in [3.63, 3.8) is 0 Å². The van der Waals surface area contributed by atoms with Crippen LogP contribution in [0.5, 0.6) is 0 Å². The average molecular weight is 382 g/mol. The molecule has 0 unspecified atom stereocenters. The summed E-state index contributed by atoms with van der Waals surface area (Å²) in [6.45, 7) is 8.86. The molecule has 0 aliphatic heterocycles. The molecule has 0 amide bonds. The van der Waals surface area contributed by atoms with Crippen LogP contribution in [0, 0.1) is 20.8 Å². The Labute approximate surface area is 170 Å². The van der Waals surface area contributed by atoms with Gasteiger partial charge in [0.15, 0.2) is 0 Å². The van der Waals surface area contributed by atoms with E-state index < -0.39 is 0 Å². The predicted molar refractivity (Wildman–Crippen MR) is 120 cm³/mol. The van der Waals surface area contributed by atoms with Crippen LogP contribution in [0.25, 0.3) is 0 Å². The Hall–Kier alpha value is -0.560. The molecule has 0 N–H and O–H groups in total. The molecule has 0 radical (unpaired) electrons. The highest BCUT2D eigenvalue weighted by Gasteiger charge is 2.04. The molecule has 152 valence electrons. The van der Waals surface area contributed by atoms with Crippen LogP contribution in [0.4, 0.5) is 0 Å². The molecule has 1 nitrogen and oxygen atoms in total. The average Bonchev–Trinajstić information content (AvgIpc) is 2.61. The Morgan fingerprint density at radius 2 is 1.04 bits per heavy atom. The zero-order chi connectivity index (χ0) is 18.3. The second-order valence-corrected chi connectivity index (χ2v) is 7.97. The third-order valence-corrected chi connectivity index (χ3v) is 5.80. The summed E-state index contributed by atoms with van der Waals surface area (Å²) in [5, 5.41) is 0. The van der Waals surface area contributed by atoms with E-state index in [4.69, 9.17) is 0 Å². The van der Waals surface area contributed by atoms with Crippen LogP contribution >= 0.6 is 12.4 Å². The van der Waals surface area contributed by atoms with E-state index in [0.717, 1.165) is 0 Å². The fourth-order valence-electron chi connectivity index (χ4n) is 3.64. The summed E-state index contributed by atoms with van der Waals surface area (Å²) >= 11 is 0. The Balaban J connectivity index is 0.00000625. The van der Waals surface area contributed by atoms with Gasteiger partial charge in [-0.15, -0.1) is 12.4 Å². The molecule has 0 atom stereocenters. The molecule has 0 aliphatic carbocycles. The highest BCUT2D eigenvalue weighted by molar-refractivity contribution is 5.85. The molecule has 1 aromatic heterocycles. The monoisotopic (exact) mass is 381 g/mol. The molecule has 0 fully saturated rings. The lowest BCUT2D eigenvalue weighted by Gasteiger charge is -2.10. The Morgan fingerprint density at radius 3 is 1.50 bits per heavy atom. The number of rotatable bonds is 15. The van der Waals surface area contributed by atoms with Gasteiger partial charge in [0.1, 0.15) is 0 Å². The maximum Gasteiger partial charge on any atom is 0.0404 e. The van der Waals surface area contributed by atoms with E-state index in [1.54, 1.807) is 0 Å². The number of hydrogen-bond acceptors (Lipinski definition) is 1. The van der Waals surface area contributed by atoms with E-state index >= 15 is 0 Å². The zero-order valence-corrected chi connectivity index (χ0v) is 18.9. The van der Waals surface area contributed by atoms with Crippen LogP contribution in [0.3, 0.4) is 0 Å². The molecular formula is C24H44ClN. The number of pyridine rings is 1. The van der Waals surface area contributed by atoms with Gasteiger partial charge >= 0.3 is 0 Å². The van der Waals surface area contributed by atoms with E-state index in [-0.39, 0.29) is 12.4 Å². The number of unbranched alkanes of at least 4 members (excludes halogenated alkanes) is 13. The van der Waals surface area contributed by atoms with Crippen molar-refractivity contribution in [2.75, 3.05) is 0 Å². The molecule has 2 heteroatoms. The summed E-state index contributed by atoms with van der Waals surface area (Å²) in [5.74, 6) is 0. The van der Waals surface area contributed by atoms with Crippen LogP contribution in [0.1, 0.15) is 119 Å². The summed E-state index contributed by atoms with van der Waals surface area (Å²) in [7, 11) is 0. The fraction of sp³-hybridized carbons (Fsp3) is 0.792. The van der Waals surface area contributed by atoms with Gasteiger partial charge in [-0.25, -0.2) is 0 Å². The third kappa shape index (κ3) is 11.2. The van der Waals surface area contributed by atoms with Gasteiger partial charge in [-0.1, -0.05) is 90.4 Å². The summed E-state index contributed by atoms with van der Waals surface area (Å²) in [5.41, 5.74) is 5.48. The SMILES string of the molecule is CCCCCCCCCCCCCCCCc1cnc(C)c(C)c1C.Cl. The van der Waals surface area contributed by atoms with Crippen molar-refractivity contribution < 1.29 is 0 Å². The normalized spacial score (nSPS) is 10.8. The maximum atomic E-state index is 4.52. The molecule has 0 aliphatic rings. The number of hydrogen-bond donors (Lipinski definition) is 0. The topological polar surface area (TPSA) is 12.9 Å². The molecule has 1 rings (SSSR count). The van der Waals surface area contributed by atoms with Crippen molar-refractivity contribution >= 4 is 12.4 Å². The van der Waals surface area contributed by atoms with E-state index in [1.165, 1.54) is 119 Å². The first-order valence-electron chi connectivity index (χ1n) is 11.1. The molecule has 0 aromatic carbocycles. The Kier molecular flexibility index (Phi) is 16.2. The summed E-state index contributed by atoms with van der Waals surface area (Å²) in [6.07, 6.45) is 23.3. The summed E-state index contributed by atoms with van der Waals surface area (Å²) < 4.78 is 0. The predicted octanol–water partition coefficient (Wildman–Crippen LogP) is 8.45. The lowest BCUT2D eigenvalue weighted by molar-refractivity contribution is 0.535.